The lowest BCUT2D eigenvalue weighted by Gasteiger charge is -2.35. The van der Waals surface area contributed by atoms with Crippen molar-refractivity contribution in [3.05, 3.63) is 46.5 Å². The number of aromatic nitrogens is 4. The number of nitrogens with one attached hydrogen (secondary N) is 1. The van der Waals surface area contributed by atoms with Crippen LogP contribution in [0.1, 0.15) is 37.3 Å². The van der Waals surface area contributed by atoms with Crippen LogP contribution in [0.5, 0.6) is 0 Å². The molecule has 1 radical (unpaired) electrons. The van der Waals surface area contributed by atoms with Crippen molar-refractivity contribution >= 4 is 42.1 Å². The smallest absolute Gasteiger partial charge is 0.293 e. The number of piperazine rings is 1. The van der Waals surface area contributed by atoms with E-state index in [9.17, 15) is 9.59 Å². The normalized spacial score (nSPS) is 17.4. The van der Waals surface area contributed by atoms with Crippen LogP contribution in [0, 0.1) is 6.92 Å². The summed E-state index contributed by atoms with van der Waals surface area (Å²) in [4.78, 5) is 41.5. The van der Waals surface area contributed by atoms with Gasteiger partial charge < -0.3 is 19.8 Å². The molecule has 0 bridgehead atoms. The van der Waals surface area contributed by atoms with Gasteiger partial charge in [0.25, 0.3) is 13.0 Å². The maximum Gasteiger partial charge on any atom is 0.293 e. The number of aryl methyl sites for hydroxylation is 1. The number of carbonyl (C=O) groups is 1. The Bertz CT molecular complexity index is 1200. The Hall–Kier alpha value is -3.27. The molecule has 2 aliphatic rings. The quantitative estimate of drug-likeness (QED) is 0.457. The maximum absolute atomic E-state index is 12.8. The van der Waals surface area contributed by atoms with Crippen LogP contribution in [-0.2, 0) is 4.79 Å². The molecule has 1 aliphatic heterocycles. The van der Waals surface area contributed by atoms with E-state index < -0.39 is 0 Å². The largest absolute Gasteiger partial charge is 0.368 e. The molecule has 0 unspecified atom stereocenters. The molecule has 3 aromatic heterocycles. The van der Waals surface area contributed by atoms with Crippen LogP contribution in [0.25, 0.3) is 11.0 Å². The fourth-order valence-electron chi connectivity index (χ4n) is 4.82. The van der Waals surface area contributed by atoms with Crippen molar-refractivity contribution in [3.63, 3.8) is 0 Å². The van der Waals surface area contributed by atoms with Crippen LogP contribution in [0.2, 0.25) is 0 Å². The first-order valence-corrected chi connectivity index (χ1v) is 11.5. The SMILES string of the molecule is Cc1cc(=O)n(C2CCCC2)c2nc(Nc3ccc(N4CCN([B]C=O)CC4)cn3)ncc12. The predicted molar refractivity (Wildman–Crippen MR) is 130 cm³/mol. The molecule has 33 heavy (non-hydrogen) atoms. The first-order valence-electron chi connectivity index (χ1n) is 11.5. The van der Waals surface area contributed by atoms with Gasteiger partial charge in [0.15, 0.2) is 0 Å². The minimum atomic E-state index is 0.00451. The number of fused-ring (bicyclic) bond motifs is 1. The number of nitrogens with zero attached hydrogens (tertiary/aromatic N) is 6. The van der Waals surface area contributed by atoms with E-state index in [2.05, 4.69) is 20.2 Å². The van der Waals surface area contributed by atoms with E-state index in [-0.39, 0.29) is 11.6 Å². The summed E-state index contributed by atoms with van der Waals surface area (Å²) in [6, 6.07) is 5.82. The van der Waals surface area contributed by atoms with E-state index in [0.717, 1.165) is 74.7 Å². The van der Waals surface area contributed by atoms with Gasteiger partial charge in [0.2, 0.25) is 5.95 Å². The molecule has 2 fully saturated rings. The van der Waals surface area contributed by atoms with Crippen molar-refractivity contribution in [2.45, 2.75) is 38.6 Å². The minimum Gasteiger partial charge on any atom is -0.368 e. The minimum absolute atomic E-state index is 0.00451. The zero-order valence-electron chi connectivity index (χ0n) is 18.8. The summed E-state index contributed by atoms with van der Waals surface area (Å²) in [5.41, 5.74) is 2.62. The molecule has 1 saturated heterocycles. The summed E-state index contributed by atoms with van der Waals surface area (Å²) in [6.07, 6.45) is 8.76. The molecule has 3 aromatic rings. The summed E-state index contributed by atoms with van der Waals surface area (Å²) in [6.45, 7) is 5.23. The highest BCUT2D eigenvalue weighted by Crippen LogP contribution is 2.31. The zero-order chi connectivity index (χ0) is 22.8. The van der Waals surface area contributed by atoms with Gasteiger partial charge in [0, 0.05) is 49.9 Å². The van der Waals surface area contributed by atoms with E-state index in [1.54, 1.807) is 19.7 Å². The molecule has 1 saturated carbocycles. The Morgan fingerprint density at radius 3 is 2.58 bits per heavy atom. The molecular formula is C23H27BN7O2. The van der Waals surface area contributed by atoms with Gasteiger partial charge in [-0.05, 0) is 37.5 Å². The molecule has 0 atom stereocenters. The van der Waals surface area contributed by atoms with Gasteiger partial charge in [0.1, 0.15) is 11.5 Å². The topological polar surface area (TPSA) is 96.2 Å². The molecule has 5 rings (SSSR count). The van der Waals surface area contributed by atoms with Crippen molar-refractivity contribution in [3.8, 4) is 0 Å². The number of hydrogen-bond donors (Lipinski definition) is 1. The van der Waals surface area contributed by atoms with Gasteiger partial charge in [-0.2, -0.15) is 4.98 Å². The fraction of sp³-hybridized carbons (Fsp3) is 0.435. The fourth-order valence-corrected chi connectivity index (χ4v) is 4.82. The average Bonchev–Trinajstić information content (AvgIpc) is 3.35. The average molecular weight is 444 g/mol. The number of rotatable bonds is 6. The number of anilines is 3. The standard InChI is InChI=1S/C23H27BN7O2/c1-16-12-21(33)31(17-4-2-3-5-17)22-19(16)14-26-23(28-22)27-20-7-6-18(13-25-20)29-8-10-30(11-9-29)24-15-32/h6-7,12-15,17H,2-5,8-11H2,1H3,(H,25,26,27,28). The molecule has 0 aromatic carbocycles. The van der Waals surface area contributed by atoms with E-state index in [4.69, 9.17) is 4.98 Å². The number of hydrogen-bond acceptors (Lipinski definition) is 8. The van der Waals surface area contributed by atoms with Crippen molar-refractivity contribution in [1.29, 1.82) is 0 Å². The summed E-state index contributed by atoms with van der Waals surface area (Å²) < 4.78 is 1.85. The first kappa shape index (κ1) is 21.6. The van der Waals surface area contributed by atoms with Crippen molar-refractivity contribution < 1.29 is 4.79 Å². The summed E-state index contributed by atoms with van der Waals surface area (Å²) in [5, 5.41) is 4.09. The molecular weight excluding hydrogens is 417 g/mol. The lowest BCUT2D eigenvalue weighted by atomic mass is 9.93. The van der Waals surface area contributed by atoms with Crippen molar-refractivity contribution in [2.75, 3.05) is 36.4 Å². The molecule has 9 nitrogen and oxygen atoms in total. The molecule has 10 heteroatoms. The Balaban J connectivity index is 1.35. The Morgan fingerprint density at radius 2 is 1.88 bits per heavy atom. The highest BCUT2D eigenvalue weighted by molar-refractivity contribution is 6.64. The second-order valence-corrected chi connectivity index (χ2v) is 8.74. The van der Waals surface area contributed by atoms with Crippen LogP contribution in [0.4, 0.5) is 17.5 Å². The van der Waals surface area contributed by atoms with Crippen molar-refractivity contribution in [1.82, 2.24) is 24.3 Å². The van der Waals surface area contributed by atoms with E-state index in [0.29, 0.717) is 17.4 Å². The van der Waals surface area contributed by atoms with E-state index in [1.807, 2.05) is 34.6 Å². The second kappa shape index (κ2) is 9.31. The van der Waals surface area contributed by atoms with E-state index >= 15 is 0 Å². The molecule has 1 N–H and O–H groups in total. The number of pyridine rings is 2. The summed E-state index contributed by atoms with van der Waals surface area (Å²) in [5.74, 6) is 1.07. The zero-order valence-corrected chi connectivity index (χ0v) is 18.8. The van der Waals surface area contributed by atoms with Gasteiger partial charge in [-0.3, -0.25) is 9.36 Å². The van der Waals surface area contributed by atoms with Gasteiger partial charge >= 0.3 is 0 Å². The monoisotopic (exact) mass is 444 g/mol. The Labute approximate surface area is 193 Å². The molecule has 169 valence electrons. The lowest BCUT2D eigenvalue weighted by molar-refractivity contribution is 0.409. The van der Waals surface area contributed by atoms with Crippen LogP contribution in [0.3, 0.4) is 0 Å². The molecule has 0 spiro atoms. The third kappa shape index (κ3) is 4.48. The highest BCUT2D eigenvalue weighted by atomic mass is 16.1. The maximum atomic E-state index is 12.8. The molecule has 4 heterocycles. The Morgan fingerprint density at radius 1 is 1.09 bits per heavy atom. The van der Waals surface area contributed by atoms with E-state index in [1.165, 1.54) is 0 Å². The summed E-state index contributed by atoms with van der Waals surface area (Å²) >= 11 is 0. The van der Waals surface area contributed by atoms with Crippen LogP contribution < -0.4 is 15.8 Å². The van der Waals surface area contributed by atoms with Crippen LogP contribution >= 0.6 is 0 Å². The lowest BCUT2D eigenvalue weighted by Crippen LogP contribution is -2.48. The van der Waals surface area contributed by atoms with Gasteiger partial charge in [0.05, 0.1) is 18.1 Å². The second-order valence-electron chi connectivity index (χ2n) is 8.74. The van der Waals surface area contributed by atoms with Crippen LogP contribution in [0.15, 0.2) is 35.4 Å². The van der Waals surface area contributed by atoms with Crippen molar-refractivity contribution in [2.24, 2.45) is 0 Å². The molecule has 1 aliphatic carbocycles. The van der Waals surface area contributed by atoms with Gasteiger partial charge in [-0.15, -0.1) is 0 Å². The summed E-state index contributed by atoms with van der Waals surface area (Å²) in [7, 11) is 1.60. The molecule has 0 amide bonds. The van der Waals surface area contributed by atoms with Gasteiger partial charge in [-0.1, -0.05) is 12.8 Å². The third-order valence-corrected chi connectivity index (χ3v) is 6.63. The highest BCUT2D eigenvalue weighted by Gasteiger charge is 2.22. The Kier molecular flexibility index (Phi) is 6.08. The van der Waals surface area contributed by atoms with Gasteiger partial charge in [-0.25, -0.2) is 9.97 Å². The predicted octanol–water partition coefficient (Wildman–Crippen LogP) is 2.29. The first-order chi connectivity index (χ1) is 16.1. The third-order valence-electron chi connectivity index (χ3n) is 6.63. The van der Waals surface area contributed by atoms with Crippen LogP contribution in [-0.4, -0.2) is 64.1 Å². The number of carbonyl (C=O) groups excluding carboxylic acids is 1.